The van der Waals surface area contributed by atoms with E-state index in [9.17, 15) is 5.11 Å². The van der Waals surface area contributed by atoms with Crippen LogP contribution in [0.3, 0.4) is 0 Å². The summed E-state index contributed by atoms with van der Waals surface area (Å²) in [6, 6.07) is 10.6. The Balaban J connectivity index is 0.00000243. The van der Waals surface area contributed by atoms with Gasteiger partial charge in [-0.1, -0.05) is 36.4 Å². The molecule has 144 valence electrons. The Hall–Kier alpha value is -1.12. The maximum Gasteiger partial charge on any atom is 0.194 e. The summed E-state index contributed by atoms with van der Waals surface area (Å²) in [7, 11) is 0. The second kappa shape index (κ2) is 10.3. The molecule has 0 atom stereocenters. The number of rotatable bonds is 4. The van der Waals surface area contributed by atoms with Crippen LogP contribution in [-0.2, 0) is 4.74 Å². The molecule has 5 nitrogen and oxygen atoms in total. The van der Waals surface area contributed by atoms with Gasteiger partial charge < -0.3 is 20.1 Å². The number of halogens is 1. The molecule has 26 heavy (non-hydrogen) atoms. The van der Waals surface area contributed by atoms with Gasteiger partial charge in [-0.3, -0.25) is 4.99 Å². The summed E-state index contributed by atoms with van der Waals surface area (Å²) in [5.41, 5.74) is 1.98. The Bertz CT molecular complexity index is 613. The van der Waals surface area contributed by atoms with Crippen molar-refractivity contribution in [3.8, 4) is 0 Å². The van der Waals surface area contributed by atoms with Gasteiger partial charge in [0, 0.05) is 45.7 Å². The number of hydrogen-bond donors (Lipinski definition) is 2. The molecule has 0 radical (unpaired) electrons. The Morgan fingerprint density at radius 3 is 2.62 bits per heavy atom. The molecule has 0 amide bonds. The normalized spacial score (nSPS) is 20.2. The topological polar surface area (TPSA) is 57.1 Å². The molecule has 0 spiro atoms. The van der Waals surface area contributed by atoms with Gasteiger partial charge in [-0.05, 0) is 24.5 Å². The van der Waals surface area contributed by atoms with E-state index in [1.807, 2.05) is 0 Å². The van der Waals surface area contributed by atoms with Crippen LogP contribution in [0, 0.1) is 0 Å². The lowest BCUT2D eigenvalue weighted by Crippen LogP contribution is -2.45. The highest BCUT2D eigenvalue weighted by Crippen LogP contribution is 2.23. The molecule has 0 aliphatic carbocycles. The number of guanidine groups is 1. The van der Waals surface area contributed by atoms with Gasteiger partial charge in [0.05, 0.1) is 12.1 Å². The predicted molar refractivity (Wildman–Crippen MR) is 117 cm³/mol. The van der Waals surface area contributed by atoms with E-state index in [0.717, 1.165) is 32.0 Å². The fourth-order valence-electron chi connectivity index (χ4n) is 3.33. The van der Waals surface area contributed by atoms with Crippen LogP contribution in [0.15, 0.2) is 41.4 Å². The van der Waals surface area contributed by atoms with Crippen LogP contribution in [0.1, 0.15) is 31.7 Å². The highest BCUT2D eigenvalue weighted by molar-refractivity contribution is 14.0. The van der Waals surface area contributed by atoms with Crippen molar-refractivity contribution in [2.45, 2.75) is 31.8 Å². The van der Waals surface area contributed by atoms with Crippen LogP contribution in [-0.4, -0.2) is 61.0 Å². The van der Waals surface area contributed by atoms with E-state index in [1.165, 1.54) is 11.1 Å². The number of benzene rings is 1. The van der Waals surface area contributed by atoms with Crippen molar-refractivity contribution >= 4 is 35.5 Å². The first-order valence-corrected chi connectivity index (χ1v) is 9.28. The maximum absolute atomic E-state index is 10.6. The third-order valence-electron chi connectivity index (χ3n) is 4.93. The number of ether oxygens (including phenoxy) is 1. The second-order valence-electron chi connectivity index (χ2n) is 6.80. The standard InChI is InChI=1S/C20H29N3O2.HI/c1-2-21-19(22-16-20(24)10-14-25-15-11-20)23-12-8-18(9-13-23)17-6-4-3-5-7-17;/h3-8,24H,2,9-16H2,1H3,(H,21,22);1H. The molecule has 6 heteroatoms. The van der Waals surface area contributed by atoms with Crippen molar-refractivity contribution in [1.29, 1.82) is 0 Å². The zero-order valence-corrected chi connectivity index (χ0v) is 17.8. The molecule has 1 fully saturated rings. The second-order valence-corrected chi connectivity index (χ2v) is 6.80. The van der Waals surface area contributed by atoms with Gasteiger partial charge in [0.25, 0.3) is 0 Å². The highest BCUT2D eigenvalue weighted by atomic mass is 127. The zero-order chi connectivity index (χ0) is 17.5. The molecular weight excluding hydrogens is 441 g/mol. The Labute approximate surface area is 173 Å². The van der Waals surface area contributed by atoms with E-state index in [-0.39, 0.29) is 24.0 Å². The summed E-state index contributed by atoms with van der Waals surface area (Å²) >= 11 is 0. The maximum atomic E-state index is 10.6. The van der Waals surface area contributed by atoms with Crippen LogP contribution in [0.4, 0.5) is 0 Å². The SMILES string of the molecule is CCNC(=NCC1(O)CCOCC1)N1CC=C(c2ccccc2)CC1.I. The summed E-state index contributed by atoms with van der Waals surface area (Å²) in [5, 5.41) is 14.0. The molecule has 0 bridgehead atoms. The summed E-state index contributed by atoms with van der Waals surface area (Å²) < 4.78 is 5.35. The lowest BCUT2D eigenvalue weighted by molar-refractivity contribution is -0.0566. The first-order chi connectivity index (χ1) is 12.2. The van der Waals surface area contributed by atoms with Gasteiger partial charge in [0.2, 0.25) is 0 Å². The zero-order valence-electron chi connectivity index (χ0n) is 15.5. The summed E-state index contributed by atoms with van der Waals surface area (Å²) in [6.07, 6.45) is 4.61. The van der Waals surface area contributed by atoms with Gasteiger partial charge in [-0.25, -0.2) is 0 Å². The summed E-state index contributed by atoms with van der Waals surface area (Å²) in [6.45, 7) is 6.36. The smallest absolute Gasteiger partial charge is 0.194 e. The van der Waals surface area contributed by atoms with E-state index in [1.54, 1.807) is 0 Å². The minimum absolute atomic E-state index is 0. The van der Waals surface area contributed by atoms with Gasteiger partial charge in [-0.2, -0.15) is 0 Å². The number of aliphatic hydroxyl groups is 1. The third kappa shape index (κ3) is 5.69. The van der Waals surface area contributed by atoms with Crippen molar-refractivity contribution in [1.82, 2.24) is 10.2 Å². The number of nitrogens with zero attached hydrogens (tertiary/aromatic N) is 2. The highest BCUT2D eigenvalue weighted by Gasteiger charge is 2.30. The lowest BCUT2D eigenvalue weighted by Gasteiger charge is -2.33. The van der Waals surface area contributed by atoms with Gasteiger partial charge in [-0.15, -0.1) is 24.0 Å². The molecule has 3 rings (SSSR count). The van der Waals surface area contributed by atoms with E-state index < -0.39 is 5.60 Å². The van der Waals surface area contributed by atoms with Crippen LogP contribution in [0.2, 0.25) is 0 Å². The average molecular weight is 471 g/mol. The van der Waals surface area contributed by atoms with E-state index >= 15 is 0 Å². The Kier molecular flexibility index (Phi) is 8.37. The van der Waals surface area contributed by atoms with E-state index in [2.05, 4.69) is 53.5 Å². The van der Waals surface area contributed by atoms with Crippen molar-refractivity contribution < 1.29 is 9.84 Å². The molecule has 0 aromatic heterocycles. The van der Waals surface area contributed by atoms with Crippen LogP contribution < -0.4 is 5.32 Å². The van der Waals surface area contributed by atoms with Gasteiger partial charge in [0.1, 0.15) is 0 Å². The molecular formula is C20H30IN3O2. The van der Waals surface area contributed by atoms with Crippen molar-refractivity contribution in [3.63, 3.8) is 0 Å². The molecule has 1 saturated heterocycles. The molecule has 1 aromatic carbocycles. The van der Waals surface area contributed by atoms with Crippen molar-refractivity contribution in [3.05, 3.63) is 42.0 Å². The number of aliphatic imine (C=N–C) groups is 1. The Morgan fingerprint density at radius 2 is 2.00 bits per heavy atom. The monoisotopic (exact) mass is 471 g/mol. The van der Waals surface area contributed by atoms with Crippen LogP contribution >= 0.6 is 24.0 Å². The lowest BCUT2D eigenvalue weighted by atomic mass is 9.95. The van der Waals surface area contributed by atoms with Gasteiger partial charge in [0.15, 0.2) is 5.96 Å². The quantitative estimate of drug-likeness (QED) is 0.403. The summed E-state index contributed by atoms with van der Waals surface area (Å²) in [5.74, 6) is 0.894. The number of hydrogen-bond acceptors (Lipinski definition) is 3. The van der Waals surface area contributed by atoms with Crippen LogP contribution in [0.25, 0.3) is 5.57 Å². The molecule has 2 N–H and O–H groups in total. The van der Waals surface area contributed by atoms with E-state index in [4.69, 9.17) is 9.73 Å². The predicted octanol–water partition coefficient (Wildman–Crippen LogP) is 2.90. The third-order valence-corrected chi connectivity index (χ3v) is 4.93. The van der Waals surface area contributed by atoms with Crippen LogP contribution in [0.5, 0.6) is 0 Å². The minimum Gasteiger partial charge on any atom is -0.388 e. The molecule has 1 aromatic rings. The van der Waals surface area contributed by atoms with Crippen molar-refractivity contribution in [2.75, 3.05) is 39.4 Å². The van der Waals surface area contributed by atoms with Gasteiger partial charge >= 0.3 is 0 Å². The fraction of sp³-hybridized carbons (Fsp3) is 0.550. The average Bonchev–Trinajstić information content (AvgIpc) is 2.67. The molecule has 2 aliphatic rings. The first kappa shape index (κ1) is 21.2. The molecule has 2 heterocycles. The summed E-state index contributed by atoms with van der Waals surface area (Å²) in [4.78, 5) is 6.99. The fourth-order valence-corrected chi connectivity index (χ4v) is 3.33. The minimum atomic E-state index is -0.722. The number of nitrogens with one attached hydrogen (secondary N) is 1. The molecule has 0 unspecified atom stereocenters. The first-order valence-electron chi connectivity index (χ1n) is 9.28. The largest absolute Gasteiger partial charge is 0.388 e. The van der Waals surface area contributed by atoms with E-state index in [0.29, 0.717) is 32.6 Å². The Morgan fingerprint density at radius 1 is 1.27 bits per heavy atom. The molecule has 2 aliphatic heterocycles. The molecule has 0 saturated carbocycles. The van der Waals surface area contributed by atoms with Crippen molar-refractivity contribution in [2.24, 2.45) is 4.99 Å².